The first-order valence-electron chi connectivity index (χ1n) is 13.9. The van der Waals surface area contributed by atoms with Crippen molar-refractivity contribution < 1.29 is 0 Å². The summed E-state index contributed by atoms with van der Waals surface area (Å²) in [6.45, 7) is 23.8. The molecule has 0 fully saturated rings. The van der Waals surface area contributed by atoms with Gasteiger partial charge in [-0.3, -0.25) is 0 Å². The van der Waals surface area contributed by atoms with Crippen molar-refractivity contribution in [3.63, 3.8) is 0 Å². The van der Waals surface area contributed by atoms with Gasteiger partial charge >= 0.3 is 0 Å². The van der Waals surface area contributed by atoms with E-state index in [0.29, 0.717) is 0 Å². The van der Waals surface area contributed by atoms with Gasteiger partial charge < -0.3 is 0 Å². The van der Waals surface area contributed by atoms with Gasteiger partial charge in [0.2, 0.25) is 0 Å². The molecule has 0 aliphatic rings. The van der Waals surface area contributed by atoms with Crippen molar-refractivity contribution in [3.05, 3.63) is 55.6 Å². The second-order valence-corrected chi connectivity index (χ2v) is 9.07. The summed E-state index contributed by atoms with van der Waals surface area (Å²) in [4.78, 5) is 0. The van der Waals surface area contributed by atoms with Gasteiger partial charge in [0.15, 0.2) is 0 Å². The number of hydrogen-bond acceptors (Lipinski definition) is 0. The summed E-state index contributed by atoms with van der Waals surface area (Å²) in [5.74, 6) is 0. The highest BCUT2D eigenvalue weighted by Crippen LogP contribution is 2.44. The van der Waals surface area contributed by atoms with Crippen LogP contribution in [0.15, 0.2) is 0 Å². The van der Waals surface area contributed by atoms with Crippen LogP contribution in [-0.4, -0.2) is 0 Å². The Balaban J connectivity index is 3.29. The molecule has 0 unspecified atom stereocenters. The van der Waals surface area contributed by atoms with Crippen LogP contribution in [0.2, 0.25) is 0 Å². The predicted molar refractivity (Wildman–Crippen MR) is 146 cm³/mol. The monoisotopic (exact) mass is 434 g/mol. The van der Waals surface area contributed by atoms with Crippen LogP contribution in [0.3, 0.4) is 0 Å². The fourth-order valence-electron chi connectivity index (χ4n) is 6.79. The third-order valence-corrected chi connectivity index (χ3v) is 7.91. The molecule has 0 aromatic heterocycles. The van der Waals surface area contributed by atoms with Crippen LogP contribution in [0.5, 0.6) is 0 Å². The van der Waals surface area contributed by atoms with Crippen LogP contribution in [-0.2, 0) is 64.2 Å². The molecule has 0 heteroatoms. The lowest BCUT2D eigenvalue weighted by atomic mass is 9.73. The topological polar surface area (TPSA) is 0 Å². The van der Waals surface area contributed by atoms with Crippen LogP contribution in [0.1, 0.15) is 125 Å². The third-order valence-electron chi connectivity index (χ3n) is 7.91. The Morgan fingerprint density at radius 2 is 0.344 bits per heavy atom. The molecule has 32 heavy (non-hydrogen) atoms. The van der Waals surface area contributed by atoms with Crippen molar-refractivity contribution >= 4 is 0 Å². The molecule has 0 aliphatic heterocycles. The van der Waals surface area contributed by atoms with Crippen molar-refractivity contribution in [2.45, 2.75) is 133 Å². The fourth-order valence-corrected chi connectivity index (χ4v) is 6.79. The Kier molecular flexibility index (Phi) is 10.1. The maximum Gasteiger partial charge on any atom is -0.0109 e. The normalized spacial score (nSPS) is 11.4. The summed E-state index contributed by atoms with van der Waals surface area (Å²) >= 11 is 0. The average molecular weight is 435 g/mol. The molecule has 0 atom stereocenters. The minimum Gasteiger partial charge on any atom is -0.0613 e. The zero-order valence-corrected chi connectivity index (χ0v) is 23.1. The number of benzene rings is 2. The van der Waals surface area contributed by atoms with Gasteiger partial charge in [0.05, 0.1) is 0 Å². The smallest absolute Gasteiger partial charge is 0.0109 e. The Morgan fingerprint density at radius 1 is 0.219 bits per heavy atom. The second-order valence-electron chi connectivity index (χ2n) is 9.07. The lowest BCUT2D eigenvalue weighted by Crippen LogP contribution is -2.15. The van der Waals surface area contributed by atoms with Gasteiger partial charge in [0.25, 0.3) is 0 Å². The molecule has 0 bridgehead atoms. The van der Waals surface area contributed by atoms with E-state index < -0.39 is 0 Å². The van der Waals surface area contributed by atoms with E-state index in [0.717, 1.165) is 64.2 Å². The quantitative estimate of drug-likeness (QED) is 0.331. The zero-order valence-electron chi connectivity index (χ0n) is 23.1. The van der Waals surface area contributed by atoms with Crippen molar-refractivity contribution in [2.75, 3.05) is 0 Å². The van der Waals surface area contributed by atoms with E-state index in [1.165, 1.54) is 0 Å². The standard InChI is InChI=1S/C32H50/c1-11-21-23(13-3)27(17-7)31(28(18-8)24(21)14-4)32-29(19-9)25(15-5)22(12-2)26(16-6)30(32)20-10/h11-20H2,1-10H3. The zero-order chi connectivity index (χ0) is 24.0. The largest absolute Gasteiger partial charge is 0.0613 e. The first-order chi connectivity index (χ1) is 15.5. The van der Waals surface area contributed by atoms with Crippen molar-refractivity contribution in [1.29, 1.82) is 0 Å². The van der Waals surface area contributed by atoms with Gasteiger partial charge in [0, 0.05) is 0 Å². The van der Waals surface area contributed by atoms with Crippen LogP contribution < -0.4 is 0 Å². The third kappa shape index (κ3) is 4.32. The van der Waals surface area contributed by atoms with Crippen LogP contribution in [0.25, 0.3) is 11.1 Å². The summed E-state index contributed by atoms with van der Waals surface area (Å²) in [5, 5.41) is 0. The van der Waals surface area contributed by atoms with Crippen molar-refractivity contribution in [3.8, 4) is 11.1 Å². The molecule has 0 radical (unpaired) electrons. The van der Waals surface area contributed by atoms with Gasteiger partial charge in [-0.05, 0) is 131 Å². The van der Waals surface area contributed by atoms with Gasteiger partial charge in [0.1, 0.15) is 0 Å². The fraction of sp³-hybridized carbons (Fsp3) is 0.625. The van der Waals surface area contributed by atoms with E-state index in [2.05, 4.69) is 69.2 Å². The van der Waals surface area contributed by atoms with Gasteiger partial charge in [-0.1, -0.05) is 69.2 Å². The Bertz CT molecular complexity index is 783. The minimum atomic E-state index is 1.13. The highest BCUT2D eigenvalue weighted by Gasteiger charge is 2.27. The first-order valence-corrected chi connectivity index (χ1v) is 13.9. The molecule has 178 valence electrons. The molecule has 2 aromatic carbocycles. The van der Waals surface area contributed by atoms with Gasteiger partial charge in [-0.25, -0.2) is 0 Å². The lowest BCUT2D eigenvalue weighted by molar-refractivity contribution is 0.899. The summed E-state index contributed by atoms with van der Waals surface area (Å²) in [6.07, 6.45) is 11.4. The van der Waals surface area contributed by atoms with E-state index in [1.807, 2.05) is 0 Å². The summed E-state index contributed by atoms with van der Waals surface area (Å²) in [5.41, 5.74) is 19.8. The minimum absolute atomic E-state index is 1.13. The van der Waals surface area contributed by atoms with E-state index >= 15 is 0 Å². The van der Waals surface area contributed by atoms with Crippen LogP contribution >= 0.6 is 0 Å². The summed E-state index contributed by atoms with van der Waals surface area (Å²) in [7, 11) is 0. The highest BCUT2D eigenvalue weighted by molar-refractivity contribution is 5.83. The molecule has 0 saturated carbocycles. The Hall–Kier alpha value is -1.56. The molecule has 2 rings (SSSR count). The molecule has 2 aromatic rings. The van der Waals surface area contributed by atoms with Crippen molar-refractivity contribution in [2.24, 2.45) is 0 Å². The highest BCUT2D eigenvalue weighted by atomic mass is 14.3. The Labute approximate surface area is 200 Å². The molecule has 0 aliphatic carbocycles. The predicted octanol–water partition coefficient (Wildman–Crippen LogP) is 8.98. The van der Waals surface area contributed by atoms with Crippen LogP contribution in [0.4, 0.5) is 0 Å². The maximum absolute atomic E-state index is 2.39. The van der Waals surface area contributed by atoms with Crippen LogP contribution in [0, 0.1) is 0 Å². The van der Waals surface area contributed by atoms with Gasteiger partial charge in [-0.15, -0.1) is 0 Å². The first kappa shape index (κ1) is 26.7. The maximum atomic E-state index is 2.39. The molecule has 0 nitrogen and oxygen atoms in total. The molecular formula is C32H50. The molecular weight excluding hydrogens is 384 g/mol. The Morgan fingerprint density at radius 3 is 0.469 bits per heavy atom. The van der Waals surface area contributed by atoms with E-state index in [-0.39, 0.29) is 0 Å². The molecule has 0 spiro atoms. The molecule has 0 heterocycles. The lowest BCUT2D eigenvalue weighted by Gasteiger charge is -2.31. The summed E-state index contributed by atoms with van der Waals surface area (Å²) in [6, 6.07) is 0. The van der Waals surface area contributed by atoms with Crippen molar-refractivity contribution in [1.82, 2.24) is 0 Å². The van der Waals surface area contributed by atoms with E-state index in [4.69, 9.17) is 0 Å². The second kappa shape index (κ2) is 12.1. The van der Waals surface area contributed by atoms with E-state index in [1.54, 1.807) is 66.8 Å². The number of hydrogen-bond donors (Lipinski definition) is 0. The SMILES string of the molecule is CCc1c(CC)c(CC)c(-c2c(CC)c(CC)c(CC)c(CC)c2CC)c(CC)c1CC. The average Bonchev–Trinajstić information content (AvgIpc) is 2.84. The number of rotatable bonds is 11. The van der Waals surface area contributed by atoms with E-state index in [9.17, 15) is 0 Å². The van der Waals surface area contributed by atoms with Gasteiger partial charge in [-0.2, -0.15) is 0 Å². The molecule has 0 amide bonds. The molecule has 0 N–H and O–H groups in total. The molecule has 0 saturated heterocycles. The summed E-state index contributed by atoms with van der Waals surface area (Å²) < 4.78 is 0.